The predicted molar refractivity (Wildman–Crippen MR) is 82.2 cm³/mol. The minimum Gasteiger partial charge on any atom is -0.382 e. The fraction of sp³-hybridized carbons (Fsp3) is 0.562. The third-order valence-corrected chi connectivity index (χ3v) is 3.76. The highest BCUT2D eigenvalue weighted by Crippen LogP contribution is 2.19. The van der Waals surface area contributed by atoms with Gasteiger partial charge in [0, 0.05) is 18.8 Å². The molecule has 0 bridgehead atoms. The first-order valence-corrected chi connectivity index (χ1v) is 7.40. The third-order valence-electron chi connectivity index (χ3n) is 3.76. The molecule has 1 fully saturated rings. The van der Waals surface area contributed by atoms with Gasteiger partial charge in [-0.1, -0.05) is 12.1 Å². The maximum atomic E-state index is 12.2. The van der Waals surface area contributed by atoms with Gasteiger partial charge in [-0.15, -0.1) is 0 Å². The van der Waals surface area contributed by atoms with Gasteiger partial charge in [-0.05, 0) is 37.6 Å². The van der Waals surface area contributed by atoms with Crippen molar-refractivity contribution in [2.75, 3.05) is 32.2 Å². The SMILES string of the molecule is COCCOCc1cccc(NC(=O)C2CCNC2C)c1. The topological polar surface area (TPSA) is 59.6 Å². The van der Waals surface area contributed by atoms with Crippen LogP contribution in [0.4, 0.5) is 5.69 Å². The van der Waals surface area contributed by atoms with Crippen LogP contribution < -0.4 is 10.6 Å². The molecule has 5 heteroatoms. The van der Waals surface area contributed by atoms with Crippen LogP contribution in [0.15, 0.2) is 24.3 Å². The number of carbonyl (C=O) groups is 1. The van der Waals surface area contributed by atoms with Crippen LogP contribution in [0.25, 0.3) is 0 Å². The van der Waals surface area contributed by atoms with E-state index in [9.17, 15) is 4.79 Å². The normalized spacial score (nSPS) is 21.4. The molecule has 21 heavy (non-hydrogen) atoms. The molecule has 2 rings (SSSR count). The van der Waals surface area contributed by atoms with Gasteiger partial charge in [-0.2, -0.15) is 0 Å². The molecule has 116 valence electrons. The van der Waals surface area contributed by atoms with Crippen molar-refractivity contribution in [2.45, 2.75) is 26.0 Å². The van der Waals surface area contributed by atoms with E-state index in [4.69, 9.17) is 9.47 Å². The Morgan fingerprint density at radius 1 is 1.43 bits per heavy atom. The zero-order valence-corrected chi connectivity index (χ0v) is 12.7. The number of hydrogen-bond acceptors (Lipinski definition) is 4. The summed E-state index contributed by atoms with van der Waals surface area (Å²) in [5.41, 5.74) is 1.87. The highest BCUT2D eigenvalue weighted by molar-refractivity contribution is 5.93. The summed E-state index contributed by atoms with van der Waals surface area (Å²) in [7, 11) is 1.65. The van der Waals surface area contributed by atoms with Crippen molar-refractivity contribution >= 4 is 11.6 Å². The Morgan fingerprint density at radius 2 is 2.29 bits per heavy atom. The highest BCUT2D eigenvalue weighted by atomic mass is 16.5. The van der Waals surface area contributed by atoms with E-state index >= 15 is 0 Å². The lowest BCUT2D eigenvalue weighted by Crippen LogP contribution is -2.32. The van der Waals surface area contributed by atoms with E-state index in [1.165, 1.54) is 0 Å². The van der Waals surface area contributed by atoms with Crippen molar-refractivity contribution in [1.29, 1.82) is 0 Å². The summed E-state index contributed by atoms with van der Waals surface area (Å²) in [6, 6.07) is 8.02. The Hall–Kier alpha value is -1.43. The maximum Gasteiger partial charge on any atom is 0.229 e. The molecule has 0 saturated carbocycles. The molecule has 1 amide bonds. The molecule has 2 unspecified atom stereocenters. The predicted octanol–water partition coefficient (Wildman–Crippen LogP) is 1.79. The maximum absolute atomic E-state index is 12.2. The van der Waals surface area contributed by atoms with Crippen molar-refractivity contribution < 1.29 is 14.3 Å². The average molecular weight is 292 g/mol. The monoisotopic (exact) mass is 292 g/mol. The van der Waals surface area contributed by atoms with Gasteiger partial charge in [0.2, 0.25) is 5.91 Å². The smallest absolute Gasteiger partial charge is 0.229 e. The Morgan fingerprint density at radius 3 is 3.00 bits per heavy atom. The third kappa shape index (κ3) is 4.81. The van der Waals surface area contributed by atoms with Crippen LogP contribution in [0.5, 0.6) is 0 Å². The van der Waals surface area contributed by atoms with Crippen LogP contribution in [0, 0.1) is 5.92 Å². The molecule has 0 aromatic heterocycles. The van der Waals surface area contributed by atoms with Gasteiger partial charge in [0.15, 0.2) is 0 Å². The number of hydrogen-bond donors (Lipinski definition) is 2. The van der Waals surface area contributed by atoms with Gasteiger partial charge >= 0.3 is 0 Å². The van der Waals surface area contributed by atoms with E-state index in [2.05, 4.69) is 17.6 Å². The first-order valence-electron chi connectivity index (χ1n) is 7.40. The molecular formula is C16H24N2O3. The van der Waals surface area contributed by atoms with Crippen LogP contribution in [-0.4, -0.2) is 38.8 Å². The zero-order chi connectivity index (χ0) is 15.1. The molecule has 0 radical (unpaired) electrons. The number of anilines is 1. The molecular weight excluding hydrogens is 268 g/mol. The number of rotatable bonds is 7. The molecule has 2 atom stereocenters. The van der Waals surface area contributed by atoms with Gasteiger partial charge in [0.1, 0.15) is 0 Å². The van der Waals surface area contributed by atoms with E-state index in [1.807, 2.05) is 24.3 Å². The second kappa shape index (κ2) is 8.12. The Kier molecular flexibility index (Phi) is 6.17. The summed E-state index contributed by atoms with van der Waals surface area (Å²) in [6.45, 7) is 4.64. The molecule has 2 N–H and O–H groups in total. The lowest BCUT2D eigenvalue weighted by molar-refractivity contribution is -0.120. The summed E-state index contributed by atoms with van der Waals surface area (Å²) in [5.74, 6) is 0.136. The average Bonchev–Trinajstić information content (AvgIpc) is 2.90. The lowest BCUT2D eigenvalue weighted by atomic mass is 10.0. The summed E-state index contributed by atoms with van der Waals surface area (Å²) in [6.07, 6.45) is 0.896. The standard InChI is InChI=1S/C16H24N2O3/c1-12-15(6-7-17-12)16(19)18-14-5-3-4-13(10-14)11-21-9-8-20-2/h3-5,10,12,15,17H,6-9,11H2,1-2H3,(H,18,19). The first-order chi connectivity index (χ1) is 10.2. The van der Waals surface area contributed by atoms with Crippen molar-refractivity contribution in [2.24, 2.45) is 5.92 Å². The van der Waals surface area contributed by atoms with E-state index in [0.29, 0.717) is 19.8 Å². The van der Waals surface area contributed by atoms with E-state index in [0.717, 1.165) is 24.2 Å². The Balaban J connectivity index is 1.86. The highest BCUT2D eigenvalue weighted by Gasteiger charge is 2.29. The minimum absolute atomic E-state index is 0.0478. The molecule has 1 aromatic rings. The molecule has 1 heterocycles. The molecule has 0 aliphatic carbocycles. The number of amides is 1. The van der Waals surface area contributed by atoms with Gasteiger partial charge in [0.05, 0.1) is 25.7 Å². The molecule has 1 aliphatic heterocycles. The number of methoxy groups -OCH3 is 1. The molecule has 0 spiro atoms. The van der Waals surface area contributed by atoms with Crippen molar-refractivity contribution in [3.05, 3.63) is 29.8 Å². The number of carbonyl (C=O) groups excluding carboxylic acids is 1. The van der Waals surface area contributed by atoms with E-state index in [1.54, 1.807) is 7.11 Å². The summed E-state index contributed by atoms with van der Waals surface area (Å²) in [4.78, 5) is 12.2. The van der Waals surface area contributed by atoms with Gasteiger partial charge in [-0.25, -0.2) is 0 Å². The second-order valence-corrected chi connectivity index (χ2v) is 5.37. The molecule has 5 nitrogen and oxygen atoms in total. The van der Waals surface area contributed by atoms with Crippen molar-refractivity contribution in [3.8, 4) is 0 Å². The van der Waals surface area contributed by atoms with Gasteiger partial charge < -0.3 is 20.1 Å². The number of ether oxygens (including phenoxy) is 2. The largest absolute Gasteiger partial charge is 0.382 e. The summed E-state index contributed by atoms with van der Waals surface area (Å²) in [5, 5.41) is 6.29. The quantitative estimate of drug-likeness (QED) is 0.752. The lowest BCUT2D eigenvalue weighted by Gasteiger charge is -2.15. The van der Waals surface area contributed by atoms with E-state index in [-0.39, 0.29) is 17.9 Å². The van der Waals surface area contributed by atoms with Crippen LogP contribution in [-0.2, 0) is 20.9 Å². The fourth-order valence-corrected chi connectivity index (χ4v) is 2.52. The minimum atomic E-state index is 0.0478. The molecule has 1 saturated heterocycles. The van der Waals surface area contributed by atoms with Crippen molar-refractivity contribution in [1.82, 2.24) is 5.32 Å². The Labute approximate surface area is 126 Å². The van der Waals surface area contributed by atoms with Gasteiger partial charge in [-0.3, -0.25) is 4.79 Å². The summed E-state index contributed by atoms with van der Waals surface area (Å²) >= 11 is 0. The van der Waals surface area contributed by atoms with Crippen LogP contribution in [0.1, 0.15) is 18.9 Å². The zero-order valence-electron chi connectivity index (χ0n) is 12.7. The summed E-state index contributed by atoms with van der Waals surface area (Å²) < 4.78 is 10.4. The molecule has 1 aromatic carbocycles. The van der Waals surface area contributed by atoms with Crippen LogP contribution in [0.2, 0.25) is 0 Å². The fourth-order valence-electron chi connectivity index (χ4n) is 2.52. The van der Waals surface area contributed by atoms with Crippen LogP contribution in [0.3, 0.4) is 0 Å². The van der Waals surface area contributed by atoms with Crippen molar-refractivity contribution in [3.63, 3.8) is 0 Å². The molecule has 1 aliphatic rings. The number of benzene rings is 1. The Bertz CT molecular complexity index is 465. The number of nitrogens with one attached hydrogen (secondary N) is 2. The van der Waals surface area contributed by atoms with Gasteiger partial charge in [0.25, 0.3) is 0 Å². The first kappa shape index (κ1) is 15.9. The second-order valence-electron chi connectivity index (χ2n) is 5.37. The van der Waals surface area contributed by atoms with Crippen LogP contribution >= 0.6 is 0 Å². The van der Waals surface area contributed by atoms with E-state index < -0.39 is 0 Å².